The van der Waals surface area contributed by atoms with Crippen molar-refractivity contribution in [3.8, 4) is 0 Å². The summed E-state index contributed by atoms with van der Waals surface area (Å²) >= 11 is 0. The lowest BCUT2D eigenvalue weighted by Gasteiger charge is -2.29. The first-order valence-corrected chi connectivity index (χ1v) is 9.20. The monoisotopic (exact) mass is 317 g/mol. The van der Waals surface area contributed by atoms with E-state index < -0.39 is 0 Å². The Morgan fingerprint density at radius 1 is 1.13 bits per heavy atom. The third-order valence-corrected chi connectivity index (χ3v) is 5.08. The molecule has 1 aliphatic carbocycles. The summed E-state index contributed by atoms with van der Waals surface area (Å²) in [5.41, 5.74) is 1.12. The normalized spacial score (nSPS) is 17.2. The van der Waals surface area contributed by atoms with E-state index in [4.69, 9.17) is 4.74 Å². The van der Waals surface area contributed by atoms with Crippen molar-refractivity contribution in [1.29, 1.82) is 0 Å². The smallest absolute Gasteiger partial charge is 0.313 e. The maximum absolute atomic E-state index is 12.8. The summed E-state index contributed by atoms with van der Waals surface area (Å²) in [5, 5.41) is 0. The predicted molar refractivity (Wildman–Crippen MR) is 94.5 cm³/mol. The van der Waals surface area contributed by atoms with Gasteiger partial charge in [0.15, 0.2) is 0 Å². The number of rotatable bonds is 8. The Morgan fingerprint density at radius 3 is 2.39 bits per heavy atom. The molecule has 0 saturated heterocycles. The molecule has 3 heteroatoms. The lowest BCUT2D eigenvalue weighted by Crippen LogP contribution is -2.31. The van der Waals surface area contributed by atoms with E-state index in [1.165, 1.54) is 19.3 Å². The highest BCUT2D eigenvalue weighted by molar-refractivity contribution is 5.78. The lowest BCUT2D eigenvalue weighted by atomic mass is 9.77. The van der Waals surface area contributed by atoms with Gasteiger partial charge < -0.3 is 9.64 Å². The molecule has 0 aromatic heterocycles. The molecule has 1 fully saturated rings. The van der Waals surface area contributed by atoms with E-state index in [-0.39, 0.29) is 11.9 Å². The van der Waals surface area contributed by atoms with Crippen LogP contribution in [0, 0.1) is 5.92 Å². The number of benzene rings is 1. The summed E-state index contributed by atoms with van der Waals surface area (Å²) in [6.45, 7) is 7.60. The van der Waals surface area contributed by atoms with E-state index >= 15 is 0 Å². The Balaban J connectivity index is 2.00. The zero-order chi connectivity index (χ0) is 16.5. The van der Waals surface area contributed by atoms with E-state index in [1.54, 1.807) is 0 Å². The van der Waals surface area contributed by atoms with Gasteiger partial charge in [-0.25, -0.2) is 0 Å². The van der Waals surface area contributed by atoms with Crippen molar-refractivity contribution >= 4 is 5.97 Å². The van der Waals surface area contributed by atoms with Crippen molar-refractivity contribution in [3.63, 3.8) is 0 Å². The van der Waals surface area contributed by atoms with Crippen LogP contribution >= 0.6 is 0 Å². The summed E-state index contributed by atoms with van der Waals surface area (Å²) < 4.78 is 5.67. The van der Waals surface area contributed by atoms with Gasteiger partial charge in [0.25, 0.3) is 0 Å². The molecule has 0 N–H and O–H groups in total. The van der Waals surface area contributed by atoms with Gasteiger partial charge in [0.2, 0.25) is 0 Å². The third kappa shape index (κ3) is 5.35. The lowest BCUT2D eigenvalue weighted by molar-refractivity contribution is -0.147. The average molecular weight is 317 g/mol. The van der Waals surface area contributed by atoms with Crippen LogP contribution in [0.5, 0.6) is 0 Å². The maximum Gasteiger partial charge on any atom is 0.313 e. The molecule has 0 unspecified atom stereocenters. The van der Waals surface area contributed by atoms with E-state index in [0.29, 0.717) is 12.5 Å². The fourth-order valence-electron chi connectivity index (χ4n) is 3.63. The van der Waals surface area contributed by atoms with Crippen molar-refractivity contribution in [2.75, 3.05) is 26.2 Å². The molecule has 2 rings (SSSR count). The average Bonchev–Trinajstić information content (AvgIpc) is 2.61. The summed E-state index contributed by atoms with van der Waals surface area (Å²) in [6.07, 6.45) is 6.06. The molecular weight excluding hydrogens is 286 g/mol. The zero-order valence-electron chi connectivity index (χ0n) is 14.7. The SMILES string of the molecule is CCN(CC)CCOC(=O)[C@H](c1ccccc1)C1CCCCC1. The van der Waals surface area contributed by atoms with Crippen LogP contribution < -0.4 is 0 Å². The Kier molecular flexibility index (Phi) is 7.60. The van der Waals surface area contributed by atoms with Gasteiger partial charge in [0, 0.05) is 6.54 Å². The highest BCUT2D eigenvalue weighted by Crippen LogP contribution is 2.36. The highest BCUT2D eigenvalue weighted by atomic mass is 16.5. The maximum atomic E-state index is 12.8. The third-order valence-electron chi connectivity index (χ3n) is 5.08. The summed E-state index contributed by atoms with van der Waals surface area (Å²) in [5.74, 6) is 0.315. The Bertz CT molecular complexity index is 450. The fourth-order valence-corrected chi connectivity index (χ4v) is 3.63. The van der Waals surface area contributed by atoms with E-state index in [2.05, 4.69) is 30.9 Å². The second-order valence-corrected chi connectivity index (χ2v) is 6.48. The molecule has 3 nitrogen and oxygen atoms in total. The number of likely N-dealkylation sites (N-methyl/N-ethyl adjacent to an activating group) is 1. The predicted octanol–water partition coefficient (Wildman–Crippen LogP) is 4.24. The minimum Gasteiger partial charge on any atom is -0.464 e. The van der Waals surface area contributed by atoms with Crippen LogP contribution in [0.2, 0.25) is 0 Å². The Hall–Kier alpha value is -1.35. The van der Waals surface area contributed by atoms with Crippen LogP contribution in [-0.2, 0) is 9.53 Å². The molecule has 0 amide bonds. The molecule has 0 heterocycles. The number of nitrogens with zero attached hydrogens (tertiary/aromatic N) is 1. The van der Waals surface area contributed by atoms with Crippen molar-refractivity contribution in [1.82, 2.24) is 4.90 Å². The molecule has 1 saturated carbocycles. The minimum absolute atomic E-state index is 0.0322. The van der Waals surface area contributed by atoms with Gasteiger partial charge in [0.1, 0.15) is 6.61 Å². The Labute approximate surface area is 141 Å². The number of esters is 1. The number of carbonyl (C=O) groups is 1. The first-order valence-electron chi connectivity index (χ1n) is 9.20. The summed E-state index contributed by atoms with van der Waals surface area (Å²) in [4.78, 5) is 15.0. The molecule has 0 aliphatic heterocycles. The first kappa shape index (κ1) is 18.0. The van der Waals surface area contributed by atoms with Crippen LogP contribution in [0.4, 0.5) is 0 Å². The van der Waals surface area contributed by atoms with Crippen LogP contribution in [0.25, 0.3) is 0 Å². The number of carbonyl (C=O) groups excluding carboxylic acids is 1. The first-order chi connectivity index (χ1) is 11.3. The molecule has 0 radical (unpaired) electrons. The van der Waals surface area contributed by atoms with Crippen molar-refractivity contribution in [3.05, 3.63) is 35.9 Å². The molecule has 1 aromatic rings. The Morgan fingerprint density at radius 2 is 1.78 bits per heavy atom. The standard InChI is InChI=1S/C20H31NO2/c1-3-21(4-2)15-16-23-20(22)19(17-11-7-5-8-12-17)18-13-9-6-10-14-18/h5,7-8,11-12,18-19H,3-4,6,9-10,13-16H2,1-2H3/t19-/m1/s1. The molecular formula is C20H31NO2. The number of hydrogen-bond acceptors (Lipinski definition) is 3. The van der Waals surface area contributed by atoms with Gasteiger partial charge in [-0.1, -0.05) is 63.4 Å². The molecule has 1 atom stereocenters. The second-order valence-electron chi connectivity index (χ2n) is 6.48. The van der Waals surface area contributed by atoms with Gasteiger partial charge in [-0.2, -0.15) is 0 Å². The van der Waals surface area contributed by atoms with Gasteiger partial charge in [0.05, 0.1) is 5.92 Å². The topological polar surface area (TPSA) is 29.5 Å². The van der Waals surface area contributed by atoms with Crippen LogP contribution in [0.3, 0.4) is 0 Å². The van der Waals surface area contributed by atoms with Crippen molar-refractivity contribution in [2.24, 2.45) is 5.92 Å². The molecule has 0 bridgehead atoms. The van der Waals surface area contributed by atoms with Gasteiger partial charge >= 0.3 is 5.97 Å². The zero-order valence-corrected chi connectivity index (χ0v) is 14.7. The second kappa shape index (κ2) is 9.71. The van der Waals surface area contributed by atoms with Gasteiger partial charge in [-0.15, -0.1) is 0 Å². The molecule has 23 heavy (non-hydrogen) atoms. The summed E-state index contributed by atoms with van der Waals surface area (Å²) in [6, 6.07) is 10.2. The largest absolute Gasteiger partial charge is 0.464 e. The minimum atomic E-state index is -0.0896. The van der Waals surface area contributed by atoms with Crippen LogP contribution in [-0.4, -0.2) is 37.1 Å². The molecule has 1 aromatic carbocycles. The van der Waals surface area contributed by atoms with E-state index in [9.17, 15) is 4.79 Å². The van der Waals surface area contributed by atoms with Crippen molar-refractivity contribution < 1.29 is 9.53 Å². The van der Waals surface area contributed by atoms with Crippen molar-refractivity contribution in [2.45, 2.75) is 51.9 Å². The van der Waals surface area contributed by atoms with Crippen LogP contribution in [0.1, 0.15) is 57.4 Å². The molecule has 1 aliphatic rings. The van der Waals surface area contributed by atoms with Gasteiger partial charge in [-0.05, 0) is 37.4 Å². The summed E-state index contributed by atoms with van der Waals surface area (Å²) in [7, 11) is 0. The quantitative estimate of drug-likeness (QED) is 0.672. The number of ether oxygens (including phenoxy) is 1. The highest BCUT2D eigenvalue weighted by Gasteiger charge is 2.32. The molecule has 128 valence electrons. The molecule has 0 spiro atoms. The van der Waals surface area contributed by atoms with E-state index in [0.717, 1.165) is 38.0 Å². The fraction of sp³-hybridized carbons (Fsp3) is 0.650. The number of hydrogen-bond donors (Lipinski definition) is 0. The van der Waals surface area contributed by atoms with Gasteiger partial charge in [-0.3, -0.25) is 4.79 Å². The van der Waals surface area contributed by atoms with E-state index in [1.807, 2.05) is 18.2 Å². The van der Waals surface area contributed by atoms with Crippen LogP contribution in [0.15, 0.2) is 30.3 Å².